The van der Waals surface area contributed by atoms with Gasteiger partial charge in [-0.2, -0.15) is 0 Å². The fraction of sp³-hybridized carbons (Fsp3) is 0.500. The molecule has 0 amide bonds. The van der Waals surface area contributed by atoms with Crippen LogP contribution in [0.5, 0.6) is 0 Å². The normalized spacial score (nSPS) is 34.2. The number of nitrogens with zero attached hydrogens (tertiary/aromatic N) is 1. The Hall–Kier alpha value is -4.59. The summed E-state index contributed by atoms with van der Waals surface area (Å²) in [4.78, 5) is 36.3. The van der Waals surface area contributed by atoms with Crippen molar-refractivity contribution >= 4 is 39.1 Å². The van der Waals surface area contributed by atoms with Gasteiger partial charge in [-0.25, -0.2) is 0 Å². The van der Waals surface area contributed by atoms with E-state index < -0.39 is 53.8 Å². The van der Waals surface area contributed by atoms with E-state index in [0.29, 0.717) is 59.2 Å². The molecule has 57 heavy (non-hydrogen) atoms. The first-order valence-electron chi connectivity index (χ1n) is 20.0. The number of rotatable bonds is 9. The van der Waals surface area contributed by atoms with Gasteiger partial charge in [-0.3, -0.25) is 14.6 Å². The molecule has 2 aliphatic carbocycles. The lowest BCUT2D eigenvalue weighted by atomic mass is 9.70. The predicted molar refractivity (Wildman–Crippen MR) is 217 cm³/mol. The molecule has 10 atom stereocenters. The van der Waals surface area contributed by atoms with Crippen LogP contribution in [-0.2, 0) is 23.7 Å². The van der Waals surface area contributed by atoms with Crippen LogP contribution in [0.25, 0.3) is 21.8 Å². The van der Waals surface area contributed by atoms with E-state index in [1.165, 1.54) is 6.08 Å². The number of Topliss-reactive ketones (excluding diaryl/α,β-unsaturated/α-hetero) is 2. The smallest absolute Gasteiger partial charge is 0.194 e. The molecule has 4 aliphatic rings. The molecule has 11 nitrogen and oxygen atoms in total. The number of aromatic amines is 1. The average Bonchev–Trinajstić information content (AvgIpc) is 3.54. The van der Waals surface area contributed by atoms with Gasteiger partial charge in [0.15, 0.2) is 29.7 Å². The molecule has 2 bridgehead atoms. The molecule has 8 unspecified atom stereocenters. The topological polar surface area (TPSA) is 166 Å². The Labute approximate surface area is 334 Å². The second-order valence-electron chi connectivity index (χ2n) is 16.6. The molecule has 0 spiro atoms. The van der Waals surface area contributed by atoms with E-state index in [1.54, 1.807) is 39.1 Å². The Morgan fingerprint density at radius 1 is 1.18 bits per heavy atom. The van der Waals surface area contributed by atoms with Gasteiger partial charge in [0.25, 0.3) is 0 Å². The van der Waals surface area contributed by atoms with E-state index in [0.717, 1.165) is 22.7 Å². The van der Waals surface area contributed by atoms with Crippen molar-refractivity contribution in [2.24, 2.45) is 23.2 Å². The first-order valence-corrected chi connectivity index (χ1v) is 20.0. The number of ether oxygens (including phenoxy) is 4. The van der Waals surface area contributed by atoms with E-state index in [2.05, 4.69) is 54.4 Å². The van der Waals surface area contributed by atoms with E-state index in [4.69, 9.17) is 24.7 Å². The minimum absolute atomic E-state index is 0.137. The van der Waals surface area contributed by atoms with Gasteiger partial charge in [-0.05, 0) is 98.9 Å². The van der Waals surface area contributed by atoms with Gasteiger partial charge in [0.2, 0.25) is 0 Å². The monoisotopic (exact) mass is 775 g/mol. The van der Waals surface area contributed by atoms with Gasteiger partial charge in [-0.1, -0.05) is 57.5 Å². The zero-order valence-corrected chi connectivity index (χ0v) is 33.7. The predicted octanol–water partition coefficient (Wildman–Crippen LogP) is 6.34. The molecule has 7 rings (SSSR count). The number of nitrogens with one attached hydrogen (secondary N) is 1. The summed E-state index contributed by atoms with van der Waals surface area (Å²) in [5, 5.41) is 26.1. The molecule has 0 saturated carbocycles. The number of aliphatic hydroxyl groups excluding tert-OH is 1. The number of aromatic nitrogens is 2. The third-order valence-corrected chi connectivity index (χ3v) is 12.2. The summed E-state index contributed by atoms with van der Waals surface area (Å²) in [6, 6.07) is 7.31. The van der Waals surface area contributed by atoms with Crippen LogP contribution in [0.15, 0.2) is 65.4 Å². The Bertz CT molecular complexity index is 2300. The lowest BCUT2D eigenvalue weighted by molar-refractivity contribution is -0.339. The van der Waals surface area contributed by atoms with Crippen LogP contribution >= 0.6 is 0 Å². The van der Waals surface area contributed by atoms with Crippen LogP contribution in [-0.4, -0.2) is 81.0 Å². The maximum absolute atomic E-state index is 15.0. The Morgan fingerprint density at radius 3 is 2.68 bits per heavy atom. The van der Waals surface area contributed by atoms with Crippen molar-refractivity contribution in [2.45, 2.75) is 117 Å². The van der Waals surface area contributed by atoms with Crippen molar-refractivity contribution in [3.05, 3.63) is 71.1 Å². The number of ketones is 2. The molecule has 3 aromatic rings. The van der Waals surface area contributed by atoms with Gasteiger partial charge < -0.3 is 39.9 Å². The lowest BCUT2D eigenvalue weighted by Gasteiger charge is -2.50. The molecule has 2 saturated heterocycles. The number of hydrogen-bond acceptors (Lipinski definition) is 10. The molecule has 0 radical (unpaired) electrons. The molecule has 2 fully saturated rings. The van der Waals surface area contributed by atoms with E-state index in [1.807, 2.05) is 31.2 Å². The van der Waals surface area contributed by atoms with Crippen molar-refractivity contribution in [1.82, 2.24) is 9.97 Å². The zero-order chi connectivity index (χ0) is 40.8. The number of allylic oxidation sites excluding steroid dienone is 4. The van der Waals surface area contributed by atoms with Crippen LogP contribution in [0.4, 0.5) is 5.69 Å². The highest BCUT2D eigenvalue weighted by atomic mass is 16.7. The lowest BCUT2D eigenvalue weighted by Crippen LogP contribution is -2.65. The molecule has 300 valence electrons. The molecule has 11 heteroatoms. The fourth-order valence-electron chi connectivity index (χ4n) is 8.77. The molecule has 2 aromatic heterocycles. The standard InChI is InChI=1S/C46H53N3O8/c1-8-13-33-38-27(5)35(50)23-46(33,53)18-12-10-9-11-14-36(38)56-44-41(57-37-21-26(4)29(24-54-37)20-25(2)3)43(52)45(7,28(6)55-44)42(51)40-39-31(17-19-48-40)32-22-30(47)15-16-34(32)49-39/h9-10,13,15-17,19,22,25-26,28-29,36-37,41,43-44,49,52-53H,8,20-21,23-24,47H2,1-7H3/b10-9-,33-13+/t26?,28?,29?,36-,37?,41?,43?,44?,45?,46-/m0/s1. The molecule has 1 aromatic carbocycles. The van der Waals surface area contributed by atoms with Gasteiger partial charge in [0, 0.05) is 40.2 Å². The number of carbonyl (C=O) groups excluding carboxylic acids is 2. The molecular formula is C46H53N3O8. The molecule has 4 heterocycles. The summed E-state index contributed by atoms with van der Waals surface area (Å²) in [5.41, 5.74) is 5.99. The Morgan fingerprint density at radius 2 is 1.95 bits per heavy atom. The summed E-state index contributed by atoms with van der Waals surface area (Å²) >= 11 is 0. The fourth-order valence-corrected chi connectivity index (χ4v) is 8.77. The Kier molecular flexibility index (Phi) is 11.4. The first kappa shape index (κ1) is 40.6. The zero-order valence-electron chi connectivity index (χ0n) is 33.7. The van der Waals surface area contributed by atoms with Gasteiger partial charge in [0.05, 0.1) is 30.1 Å². The highest BCUT2D eigenvalue weighted by Crippen LogP contribution is 2.45. The number of pyridine rings is 1. The van der Waals surface area contributed by atoms with Gasteiger partial charge >= 0.3 is 0 Å². The van der Waals surface area contributed by atoms with E-state index in [9.17, 15) is 19.8 Å². The first-order chi connectivity index (χ1) is 27.2. The minimum Gasteiger partial charge on any atom is -0.399 e. The summed E-state index contributed by atoms with van der Waals surface area (Å²) < 4.78 is 26.4. The number of benzene rings is 1. The van der Waals surface area contributed by atoms with Gasteiger partial charge in [-0.15, -0.1) is 0 Å². The highest BCUT2D eigenvalue weighted by Gasteiger charge is 2.59. The van der Waals surface area contributed by atoms with Crippen molar-refractivity contribution in [3.63, 3.8) is 0 Å². The third kappa shape index (κ3) is 7.49. The summed E-state index contributed by atoms with van der Waals surface area (Å²) in [7, 11) is 0. The van der Waals surface area contributed by atoms with Crippen LogP contribution in [0, 0.1) is 46.9 Å². The summed E-state index contributed by atoms with van der Waals surface area (Å²) in [6.07, 6.45) is 1.51. The number of aliphatic hydroxyl groups is 2. The summed E-state index contributed by atoms with van der Waals surface area (Å²) in [6.45, 7) is 14.0. The second-order valence-corrected chi connectivity index (χ2v) is 16.6. The number of carbonyl (C=O) groups is 2. The van der Waals surface area contributed by atoms with Crippen molar-refractivity contribution in [1.29, 1.82) is 0 Å². The van der Waals surface area contributed by atoms with E-state index in [-0.39, 0.29) is 23.8 Å². The van der Waals surface area contributed by atoms with E-state index >= 15 is 0 Å². The number of H-pyrrole nitrogens is 1. The quantitative estimate of drug-likeness (QED) is 0.109. The molecule has 2 aliphatic heterocycles. The summed E-state index contributed by atoms with van der Waals surface area (Å²) in [5.74, 6) is 12.1. The molecule has 5 N–H and O–H groups in total. The number of nitrogens with two attached hydrogens (primary N) is 1. The second kappa shape index (κ2) is 16.0. The van der Waals surface area contributed by atoms with Crippen LogP contribution in [0.1, 0.15) is 84.6 Å². The maximum atomic E-state index is 15.0. The number of hydrogen-bond donors (Lipinski definition) is 4. The van der Waals surface area contributed by atoms with Crippen molar-refractivity contribution in [3.8, 4) is 23.7 Å². The van der Waals surface area contributed by atoms with Gasteiger partial charge in [0.1, 0.15) is 24.0 Å². The number of anilines is 1. The number of fused-ring (bicyclic) bond motifs is 5. The Balaban J connectivity index is 1.29. The van der Waals surface area contributed by atoms with Crippen LogP contribution in [0.2, 0.25) is 0 Å². The third-order valence-electron chi connectivity index (χ3n) is 12.2. The largest absolute Gasteiger partial charge is 0.399 e. The van der Waals surface area contributed by atoms with Crippen LogP contribution < -0.4 is 5.73 Å². The number of nitrogen functional groups attached to an aromatic ring is 1. The van der Waals surface area contributed by atoms with Crippen molar-refractivity contribution < 1.29 is 38.7 Å². The average molecular weight is 776 g/mol. The molecular weight excluding hydrogens is 723 g/mol. The SMILES string of the molecule is CC/C=C1\C2=C(C)C(=O)C[C@@]1(O)C#C/C=C\C#C[C@@H]2OC1OC(C)C(C)(C(=O)c2nccc3c2[nH]c2ccc(N)cc23)C(O)C1OC1CC(C)C(CC(C)C)CO1. The maximum Gasteiger partial charge on any atom is 0.194 e. The van der Waals surface area contributed by atoms with Crippen LogP contribution in [0.3, 0.4) is 0 Å². The minimum atomic E-state index is -1.77. The highest BCUT2D eigenvalue weighted by molar-refractivity contribution is 6.16. The van der Waals surface area contributed by atoms with Crippen molar-refractivity contribution in [2.75, 3.05) is 12.3 Å².